The number of nitrogens with zero attached hydrogens (tertiary/aromatic N) is 1. The summed E-state index contributed by atoms with van der Waals surface area (Å²) in [5.74, 6) is 0. The molecule has 0 aliphatic rings. The highest BCUT2D eigenvalue weighted by Gasteiger charge is 2.06. The van der Waals surface area contributed by atoms with Gasteiger partial charge in [0, 0.05) is 18.5 Å². The van der Waals surface area contributed by atoms with Crippen LogP contribution in [0.3, 0.4) is 0 Å². The van der Waals surface area contributed by atoms with Gasteiger partial charge in [0.05, 0.1) is 17.3 Å². The van der Waals surface area contributed by atoms with Crippen LogP contribution in [0.15, 0.2) is 0 Å². The number of thiazole rings is 1. The number of methoxy groups -OCH3 is 1. The molecule has 3 nitrogen and oxygen atoms in total. The fourth-order valence-electron chi connectivity index (χ4n) is 1.06. The average Bonchev–Trinajstić information content (AvgIpc) is 2.33. The molecule has 0 amide bonds. The molecule has 1 N–H and O–H groups in total. The lowest BCUT2D eigenvalue weighted by Crippen LogP contribution is -2.06. The van der Waals surface area contributed by atoms with Gasteiger partial charge in [0.2, 0.25) is 0 Å². The number of hydrogen-bond acceptors (Lipinski definition) is 4. The van der Waals surface area contributed by atoms with Crippen LogP contribution in [-0.4, -0.2) is 19.1 Å². The molecule has 0 aliphatic carbocycles. The van der Waals surface area contributed by atoms with Gasteiger partial charge in [-0.15, -0.1) is 11.3 Å². The summed E-state index contributed by atoms with van der Waals surface area (Å²) in [5.41, 5.74) is 1.06. The van der Waals surface area contributed by atoms with Crippen LogP contribution in [0, 0.1) is 6.92 Å². The van der Waals surface area contributed by atoms with Crippen LogP contribution in [0.25, 0.3) is 0 Å². The first-order chi connectivity index (χ1) is 5.77. The Bertz CT molecular complexity index is 224. The van der Waals surface area contributed by atoms with Crippen LogP contribution in [0.5, 0.6) is 0 Å². The first kappa shape index (κ1) is 9.64. The lowest BCUT2D eigenvalue weighted by Gasteiger charge is -1.98. The predicted octanol–water partition coefficient (Wildman–Crippen LogP) is 1.32. The van der Waals surface area contributed by atoms with E-state index >= 15 is 0 Å². The molecular weight excluding hydrogens is 172 g/mol. The van der Waals surface area contributed by atoms with Gasteiger partial charge < -0.3 is 10.1 Å². The Kier molecular flexibility index (Phi) is 3.65. The van der Waals surface area contributed by atoms with Crippen molar-refractivity contribution < 1.29 is 4.74 Å². The number of rotatable bonds is 4. The Hall–Kier alpha value is -0.450. The Labute approximate surface area is 76.8 Å². The summed E-state index contributed by atoms with van der Waals surface area (Å²) < 4.78 is 5.04. The SMILES string of the molecule is CNCc1sc(C)nc1COC. The summed E-state index contributed by atoms with van der Waals surface area (Å²) in [6.07, 6.45) is 0. The van der Waals surface area contributed by atoms with E-state index in [1.165, 1.54) is 4.88 Å². The van der Waals surface area contributed by atoms with Gasteiger partial charge in [0.15, 0.2) is 0 Å². The molecule has 0 aromatic carbocycles. The van der Waals surface area contributed by atoms with Crippen LogP contribution in [0.2, 0.25) is 0 Å². The first-order valence-electron chi connectivity index (χ1n) is 3.86. The summed E-state index contributed by atoms with van der Waals surface area (Å²) in [6.45, 7) is 3.51. The van der Waals surface area contributed by atoms with E-state index in [0.29, 0.717) is 6.61 Å². The fourth-order valence-corrected chi connectivity index (χ4v) is 2.01. The molecule has 0 aliphatic heterocycles. The minimum atomic E-state index is 0.612. The van der Waals surface area contributed by atoms with Crippen LogP contribution in [0.4, 0.5) is 0 Å². The van der Waals surface area contributed by atoms with Gasteiger partial charge in [-0.1, -0.05) is 0 Å². The maximum absolute atomic E-state index is 5.04. The fraction of sp³-hybridized carbons (Fsp3) is 0.625. The normalized spacial score (nSPS) is 10.6. The van der Waals surface area contributed by atoms with E-state index in [9.17, 15) is 0 Å². The summed E-state index contributed by atoms with van der Waals surface area (Å²) in [7, 11) is 3.63. The summed E-state index contributed by atoms with van der Waals surface area (Å²) in [4.78, 5) is 5.65. The van der Waals surface area contributed by atoms with Gasteiger partial charge in [0.25, 0.3) is 0 Å². The monoisotopic (exact) mass is 186 g/mol. The molecule has 1 aromatic heterocycles. The smallest absolute Gasteiger partial charge is 0.0901 e. The molecule has 0 atom stereocenters. The molecule has 1 heterocycles. The van der Waals surface area contributed by atoms with Crippen molar-refractivity contribution in [3.63, 3.8) is 0 Å². The quantitative estimate of drug-likeness (QED) is 0.770. The Balaban J connectivity index is 2.76. The zero-order valence-electron chi connectivity index (χ0n) is 7.68. The van der Waals surface area contributed by atoms with Crippen molar-refractivity contribution >= 4 is 11.3 Å². The highest BCUT2D eigenvalue weighted by molar-refractivity contribution is 7.11. The van der Waals surface area contributed by atoms with E-state index in [0.717, 1.165) is 17.2 Å². The summed E-state index contributed by atoms with van der Waals surface area (Å²) >= 11 is 1.73. The third-order valence-electron chi connectivity index (χ3n) is 1.50. The van der Waals surface area contributed by atoms with Crippen molar-refractivity contribution in [2.24, 2.45) is 0 Å². The topological polar surface area (TPSA) is 34.2 Å². The minimum Gasteiger partial charge on any atom is -0.378 e. The van der Waals surface area contributed by atoms with E-state index in [2.05, 4.69) is 10.3 Å². The number of ether oxygens (including phenoxy) is 1. The largest absolute Gasteiger partial charge is 0.378 e. The van der Waals surface area contributed by atoms with Crippen LogP contribution in [0.1, 0.15) is 15.6 Å². The van der Waals surface area contributed by atoms with Crippen LogP contribution in [-0.2, 0) is 17.9 Å². The average molecular weight is 186 g/mol. The predicted molar refractivity (Wildman–Crippen MR) is 50.3 cm³/mol. The lowest BCUT2D eigenvalue weighted by molar-refractivity contribution is 0.181. The second-order valence-electron chi connectivity index (χ2n) is 2.57. The summed E-state index contributed by atoms with van der Waals surface area (Å²) in [6, 6.07) is 0. The first-order valence-corrected chi connectivity index (χ1v) is 4.68. The molecule has 0 saturated heterocycles. The second kappa shape index (κ2) is 4.54. The molecule has 1 aromatic rings. The van der Waals surface area contributed by atoms with Gasteiger partial charge in [-0.3, -0.25) is 0 Å². The maximum atomic E-state index is 5.04. The molecule has 0 bridgehead atoms. The van der Waals surface area contributed by atoms with Gasteiger partial charge >= 0.3 is 0 Å². The maximum Gasteiger partial charge on any atom is 0.0901 e. The molecule has 68 valence electrons. The number of nitrogens with one attached hydrogen (secondary N) is 1. The molecular formula is C8H14N2OS. The van der Waals surface area contributed by atoms with Gasteiger partial charge in [-0.25, -0.2) is 4.98 Å². The van der Waals surface area contributed by atoms with Crippen molar-refractivity contribution in [2.75, 3.05) is 14.2 Å². The van der Waals surface area contributed by atoms with Crippen molar-refractivity contribution in [1.29, 1.82) is 0 Å². The second-order valence-corrected chi connectivity index (χ2v) is 3.85. The third-order valence-corrected chi connectivity index (χ3v) is 2.52. The molecule has 4 heteroatoms. The zero-order chi connectivity index (χ0) is 8.97. The van der Waals surface area contributed by atoms with Crippen molar-refractivity contribution in [2.45, 2.75) is 20.1 Å². The van der Waals surface area contributed by atoms with E-state index in [4.69, 9.17) is 4.74 Å². The molecule has 1 rings (SSSR count). The van der Waals surface area contributed by atoms with Crippen molar-refractivity contribution in [3.05, 3.63) is 15.6 Å². The highest BCUT2D eigenvalue weighted by atomic mass is 32.1. The van der Waals surface area contributed by atoms with Crippen molar-refractivity contribution in [3.8, 4) is 0 Å². The van der Waals surface area contributed by atoms with Gasteiger partial charge in [-0.05, 0) is 14.0 Å². The zero-order valence-corrected chi connectivity index (χ0v) is 8.49. The van der Waals surface area contributed by atoms with Crippen LogP contribution < -0.4 is 5.32 Å². The molecule has 0 fully saturated rings. The molecule has 12 heavy (non-hydrogen) atoms. The Morgan fingerprint density at radius 1 is 1.58 bits per heavy atom. The van der Waals surface area contributed by atoms with Crippen molar-refractivity contribution in [1.82, 2.24) is 10.3 Å². The van der Waals surface area contributed by atoms with E-state index < -0.39 is 0 Å². The van der Waals surface area contributed by atoms with E-state index in [1.54, 1.807) is 18.4 Å². The summed E-state index contributed by atoms with van der Waals surface area (Å²) in [5, 5.41) is 4.21. The van der Waals surface area contributed by atoms with E-state index in [1.807, 2.05) is 14.0 Å². The molecule has 0 radical (unpaired) electrons. The number of aryl methyl sites for hydroxylation is 1. The third kappa shape index (κ3) is 2.27. The van der Waals surface area contributed by atoms with Gasteiger partial charge in [-0.2, -0.15) is 0 Å². The number of aromatic nitrogens is 1. The molecule has 0 saturated carbocycles. The lowest BCUT2D eigenvalue weighted by atomic mass is 10.4. The minimum absolute atomic E-state index is 0.612. The highest BCUT2D eigenvalue weighted by Crippen LogP contribution is 2.18. The standard InChI is InChI=1S/C8H14N2OS/c1-6-10-7(5-11-3)8(12-6)4-9-2/h9H,4-5H2,1-3H3. The van der Waals surface area contributed by atoms with Gasteiger partial charge in [0.1, 0.15) is 0 Å². The Morgan fingerprint density at radius 2 is 2.33 bits per heavy atom. The van der Waals surface area contributed by atoms with E-state index in [-0.39, 0.29) is 0 Å². The van der Waals surface area contributed by atoms with Crippen LogP contribution >= 0.6 is 11.3 Å². The molecule has 0 unspecified atom stereocenters. The number of hydrogen-bond donors (Lipinski definition) is 1. The Morgan fingerprint density at radius 3 is 2.92 bits per heavy atom. The molecule has 0 spiro atoms.